The van der Waals surface area contributed by atoms with Gasteiger partial charge in [-0.3, -0.25) is 13.9 Å². The molecule has 31 heavy (non-hydrogen) atoms. The van der Waals surface area contributed by atoms with Gasteiger partial charge in [-0.05, 0) is 10.9 Å². The van der Waals surface area contributed by atoms with Crippen LogP contribution in [-0.2, 0) is 35.0 Å². The Morgan fingerprint density at radius 2 is 2.13 bits per heavy atom. The fourth-order valence-corrected chi connectivity index (χ4v) is 5.39. The molecule has 2 aromatic rings. The Kier molecular flexibility index (Phi) is 6.99. The third kappa shape index (κ3) is 5.40. The second-order valence-corrected chi connectivity index (χ2v) is 10.4. The maximum atomic E-state index is 11.3. The number of nitrogens with two attached hydrogens (primary N) is 2. The molecule has 0 spiro atoms. The molecule has 7 N–H and O–H groups in total. The summed E-state index contributed by atoms with van der Waals surface area (Å²) >= 11 is 0. The summed E-state index contributed by atoms with van der Waals surface area (Å²) in [6.45, 7) is 0. The Morgan fingerprint density at radius 3 is 2.77 bits per heavy atom. The molecule has 14 nitrogen and oxygen atoms in total. The predicted molar refractivity (Wildman–Crippen MR) is 109 cm³/mol. The molecule has 3 rings (SSSR count). The van der Waals surface area contributed by atoms with E-state index in [2.05, 4.69) is 15.0 Å². The van der Waals surface area contributed by atoms with Crippen LogP contribution in [0.4, 0.5) is 5.82 Å². The smallest absolute Gasteiger partial charge is 0.397 e. The number of carboxylic acids is 1. The highest BCUT2D eigenvalue weighted by molar-refractivity contribution is 7.96. The summed E-state index contributed by atoms with van der Waals surface area (Å²) in [5.74, 6) is -0.345. The van der Waals surface area contributed by atoms with Crippen molar-refractivity contribution in [1.82, 2.24) is 19.5 Å². The number of aliphatic hydroxyl groups is 1. The van der Waals surface area contributed by atoms with E-state index in [9.17, 15) is 18.3 Å². The summed E-state index contributed by atoms with van der Waals surface area (Å²) < 4.78 is 43.8. The zero-order chi connectivity index (χ0) is 22.9. The number of hydrogen-bond acceptors (Lipinski definition) is 11. The molecule has 0 saturated carbocycles. The van der Waals surface area contributed by atoms with Gasteiger partial charge >= 0.3 is 16.4 Å². The molecule has 0 bridgehead atoms. The molecular formula is C15H23N6O8S2+. The molecule has 0 radical (unpaired) electrons. The molecule has 1 saturated heterocycles. The van der Waals surface area contributed by atoms with E-state index < -0.39 is 57.8 Å². The van der Waals surface area contributed by atoms with Crippen LogP contribution in [0.1, 0.15) is 12.6 Å². The highest BCUT2D eigenvalue weighted by Crippen LogP contribution is 2.35. The third-order valence-electron chi connectivity index (χ3n) is 4.75. The van der Waals surface area contributed by atoms with Gasteiger partial charge in [0.2, 0.25) is 0 Å². The number of carboxylic acid groups (broad SMARTS) is 1. The number of imidazole rings is 1. The second kappa shape index (κ2) is 9.19. The topological polar surface area (TPSA) is 226 Å². The fourth-order valence-electron chi connectivity index (χ4n) is 3.21. The molecular weight excluding hydrogens is 456 g/mol. The molecule has 172 valence electrons. The number of aliphatic hydroxyl groups excluding tert-OH is 1. The zero-order valence-electron chi connectivity index (χ0n) is 16.3. The van der Waals surface area contributed by atoms with Crippen molar-refractivity contribution >= 4 is 44.2 Å². The van der Waals surface area contributed by atoms with Crippen LogP contribution in [0.2, 0.25) is 0 Å². The first-order valence-corrected chi connectivity index (χ1v) is 12.3. The van der Waals surface area contributed by atoms with E-state index in [1.807, 2.05) is 6.26 Å². The van der Waals surface area contributed by atoms with E-state index in [0.29, 0.717) is 5.75 Å². The summed E-state index contributed by atoms with van der Waals surface area (Å²) in [6, 6.07) is -1.02. The number of ether oxygens (including phenoxy) is 1. The number of rotatable bonds is 9. The van der Waals surface area contributed by atoms with Gasteiger partial charge < -0.3 is 26.4 Å². The van der Waals surface area contributed by atoms with Crippen LogP contribution >= 0.6 is 0 Å². The first-order valence-electron chi connectivity index (χ1n) is 8.97. The van der Waals surface area contributed by atoms with Crippen molar-refractivity contribution in [3.05, 3.63) is 12.7 Å². The van der Waals surface area contributed by atoms with Crippen molar-refractivity contribution in [2.45, 2.75) is 37.0 Å². The fraction of sp³-hybridized carbons (Fsp3) is 0.600. The van der Waals surface area contributed by atoms with E-state index in [1.165, 1.54) is 17.2 Å². The van der Waals surface area contributed by atoms with Crippen LogP contribution in [0.25, 0.3) is 11.2 Å². The highest BCUT2D eigenvalue weighted by atomic mass is 32.3. The van der Waals surface area contributed by atoms with Crippen LogP contribution in [0.5, 0.6) is 0 Å². The van der Waals surface area contributed by atoms with Gasteiger partial charge in [0.15, 0.2) is 17.7 Å². The monoisotopic (exact) mass is 479 g/mol. The van der Waals surface area contributed by atoms with Gasteiger partial charge in [-0.15, -0.1) is 0 Å². The molecule has 0 aromatic carbocycles. The molecule has 6 atom stereocenters. The van der Waals surface area contributed by atoms with E-state index in [0.717, 1.165) is 0 Å². The van der Waals surface area contributed by atoms with Crippen molar-refractivity contribution in [1.29, 1.82) is 0 Å². The molecule has 3 heterocycles. The van der Waals surface area contributed by atoms with Crippen molar-refractivity contribution < 1.29 is 36.9 Å². The van der Waals surface area contributed by atoms with Crippen LogP contribution in [0, 0.1) is 0 Å². The second-order valence-electron chi connectivity index (χ2n) is 7.01. The molecule has 1 aliphatic rings. The Bertz CT molecular complexity index is 1050. The molecule has 0 amide bonds. The first kappa shape index (κ1) is 23.6. The van der Waals surface area contributed by atoms with E-state index in [4.69, 9.17) is 30.0 Å². The van der Waals surface area contributed by atoms with Crippen LogP contribution in [0.15, 0.2) is 12.7 Å². The minimum absolute atomic E-state index is 0.114. The number of carbonyl (C=O) groups is 1. The van der Waals surface area contributed by atoms with E-state index in [-0.39, 0.29) is 29.2 Å². The summed E-state index contributed by atoms with van der Waals surface area (Å²) in [6.07, 6.45) is -0.437. The van der Waals surface area contributed by atoms with Crippen LogP contribution < -0.4 is 11.5 Å². The van der Waals surface area contributed by atoms with Gasteiger partial charge in [0.1, 0.15) is 47.7 Å². The molecule has 2 aromatic heterocycles. The number of aliphatic carboxylic acids is 1. The lowest BCUT2D eigenvalue weighted by Gasteiger charge is -2.18. The number of aromatic nitrogens is 4. The van der Waals surface area contributed by atoms with Crippen LogP contribution in [-0.4, -0.2) is 90.8 Å². The Balaban J connectivity index is 1.82. The van der Waals surface area contributed by atoms with Gasteiger partial charge in [-0.25, -0.2) is 19.1 Å². The maximum absolute atomic E-state index is 11.3. The Morgan fingerprint density at radius 1 is 1.42 bits per heavy atom. The highest BCUT2D eigenvalue weighted by Gasteiger charge is 2.50. The lowest BCUT2D eigenvalue weighted by atomic mass is 10.1. The van der Waals surface area contributed by atoms with Crippen molar-refractivity contribution in [2.75, 3.05) is 23.5 Å². The Labute approximate surface area is 179 Å². The number of nitrogen functional groups attached to an aromatic ring is 1. The minimum atomic E-state index is -4.89. The van der Waals surface area contributed by atoms with Crippen molar-refractivity contribution in [2.24, 2.45) is 5.73 Å². The summed E-state index contributed by atoms with van der Waals surface area (Å²) in [4.78, 5) is 22.9. The summed E-state index contributed by atoms with van der Waals surface area (Å²) in [7, 11) is -5.35. The van der Waals surface area contributed by atoms with Gasteiger partial charge in [-0.1, -0.05) is 0 Å². The number of anilines is 1. The summed E-state index contributed by atoms with van der Waals surface area (Å²) in [5, 5.41) is 19.7. The largest absolute Gasteiger partial charge is 0.480 e. The molecule has 1 unspecified atom stereocenters. The van der Waals surface area contributed by atoms with Crippen molar-refractivity contribution in [3.63, 3.8) is 0 Å². The normalized spacial score (nSPS) is 26.2. The third-order valence-corrected chi connectivity index (χ3v) is 7.04. The predicted octanol–water partition coefficient (Wildman–Crippen LogP) is -2.10. The van der Waals surface area contributed by atoms with E-state index in [1.54, 1.807) is 0 Å². The number of fused-ring (bicyclic) bond motifs is 1. The lowest BCUT2D eigenvalue weighted by molar-refractivity contribution is -0.138. The quantitative estimate of drug-likeness (QED) is 0.192. The standard InChI is InChI=1S/C15H22N6O8S2/c1-30(3-2-7(16)15(23)24)4-8-11(29-31(25,26)27)10(22)14(28-8)21-6-20-9-12(17)18-5-19-13(9)21/h5-8,10-11,14,22H,2-4,16H2,1H3,(H3-,17,18,19,23,24,25,26,27)/p+1/t7-,8+,10+,11+,14+,30?/m0/s1. The molecule has 0 aliphatic carbocycles. The lowest BCUT2D eigenvalue weighted by Crippen LogP contribution is -2.40. The van der Waals surface area contributed by atoms with E-state index >= 15 is 0 Å². The maximum Gasteiger partial charge on any atom is 0.397 e. The Hall–Kier alpha value is -2.08. The van der Waals surface area contributed by atoms with Gasteiger partial charge in [0.25, 0.3) is 0 Å². The van der Waals surface area contributed by atoms with Gasteiger partial charge in [0, 0.05) is 6.42 Å². The minimum Gasteiger partial charge on any atom is -0.480 e. The molecule has 1 fully saturated rings. The first-order chi connectivity index (χ1) is 14.5. The SMILES string of the molecule is C[S+](CC[C@H](N)C(=O)O)C[C@H]1O[C@@H](n2cnc3c(N)ncnc32)[C@H](O)[C@@H]1OS(=O)(=O)O. The van der Waals surface area contributed by atoms with Gasteiger partial charge in [-0.2, -0.15) is 8.42 Å². The van der Waals surface area contributed by atoms with Gasteiger partial charge in [0.05, 0.1) is 12.6 Å². The van der Waals surface area contributed by atoms with Crippen molar-refractivity contribution in [3.8, 4) is 0 Å². The average molecular weight is 480 g/mol. The molecule has 1 aliphatic heterocycles. The van der Waals surface area contributed by atoms with Crippen LogP contribution in [0.3, 0.4) is 0 Å². The summed E-state index contributed by atoms with van der Waals surface area (Å²) in [5.41, 5.74) is 11.8. The number of hydrogen-bond donors (Lipinski definition) is 5. The number of nitrogens with zero attached hydrogens (tertiary/aromatic N) is 4. The molecule has 16 heteroatoms. The average Bonchev–Trinajstić information content (AvgIpc) is 3.22. The zero-order valence-corrected chi connectivity index (χ0v) is 17.9.